The Morgan fingerprint density at radius 3 is 2.69 bits per heavy atom. The molecule has 2 N–H and O–H groups in total. The third kappa shape index (κ3) is 6.34. The molecule has 1 amide bonds. The summed E-state index contributed by atoms with van der Waals surface area (Å²) < 4.78 is 0. The van der Waals surface area contributed by atoms with E-state index >= 15 is 0 Å². The van der Waals surface area contributed by atoms with Gasteiger partial charge in [0.1, 0.15) is 0 Å². The lowest BCUT2D eigenvalue weighted by atomic mass is 10.1. The Bertz CT molecular complexity index is 166. The molecule has 0 aliphatic carbocycles. The minimum absolute atomic E-state index is 0.0237. The highest BCUT2D eigenvalue weighted by atomic mass is 16.2. The second-order valence-corrected chi connectivity index (χ2v) is 3.60. The molecule has 0 radical (unpaired) electrons. The summed E-state index contributed by atoms with van der Waals surface area (Å²) in [5, 5.41) is 1.28. The van der Waals surface area contributed by atoms with Gasteiger partial charge in [0.05, 0.1) is 0 Å². The second-order valence-electron chi connectivity index (χ2n) is 3.60. The molecule has 0 aromatic heterocycles. The standard InChI is InChI=1S/C10H20N2O/c1-4-5-8-12(11)10(13)7-6-9(2)3/h4,9H,1,5-8,11H2,2-3H3. The van der Waals surface area contributed by atoms with Gasteiger partial charge in [-0.15, -0.1) is 6.58 Å². The van der Waals surface area contributed by atoms with Crippen LogP contribution < -0.4 is 5.84 Å². The summed E-state index contributed by atoms with van der Waals surface area (Å²) in [7, 11) is 0. The lowest BCUT2D eigenvalue weighted by Gasteiger charge is -2.15. The Balaban J connectivity index is 3.62. The van der Waals surface area contributed by atoms with Crippen molar-refractivity contribution in [1.29, 1.82) is 0 Å². The molecule has 0 aliphatic rings. The van der Waals surface area contributed by atoms with Gasteiger partial charge in [0.25, 0.3) is 0 Å². The van der Waals surface area contributed by atoms with Crippen LogP contribution in [0.4, 0.5) is 0 Å². The van der Waals surface area contributed by atoms with Gasteiger partial charge in [-0.25, -0.2) is 5.84 Å². The summed E-state index contributed by atoms with van der Waals surface area (Å²) in [5.74, 6) is 6.10. The van der Waals surface area contributed by atoms with E-state index in [1.807, 2.05) is 0 Å². The minimum Gasteiger partial charge on any atom is -0.280 e. The minimum atomic E-state index is 0.0237. The third-order valence-electron chi connectivity index (χ3n) is 1.83. The lowest BCUT2D eigenvalue weighted by molar-refractivity contribution is -0.131. The molecular weight excluding hydrogens is 164 g/mol. The van der Waals surface area contributed by atoms with E-state index in [-0.39, 0.29) is 5.91 Å². The number of nitrogens with zero attached hydrogens (tertiary/aromatic N) is 1. The number of amides is 1. The summed E-state index contributed by atoms with van der Waals surface area (Å²) >= 11 is 0. The normalized spacial score (nSPS) is 10.2. The smallest absolute Gasteiger partial charge is 0.236 e. The van der Waals surface area contributed by atoms with Crippen molar-refractivity contribution in [3.05, 3.63) is 12.7 Å². The number of hydrogen-bond donors (Lipinski definition) is 1. The van der Waals surface area contributed by atoms with Crippen LogP contribution in [0.2, 0.25) is 0 Å². The van der Waals surface area contributed by atoms with Crippen LogP contribution in [0.1, 0.15) is 33.1 Å². The highest BCUT2D eigenvalue weighted by molar-refractivity contribution is 5.75. The molecular formula is C10H20N2O. The second kappa shape index (κ2) is 6.66. The maximum atomic E-state index is 11.3. The quantitative estimate of drug-likeness (QED) is 0.295. The van der Waals surface area contributed by atoms with Crippen LogP contribution in [0, 0.1) is 5.92 Å². The van der Waals surface area contributed by atoms with Gasteiger partial charge in [-0.1, -0.05) is 19.9 Å². The average Bonchev–Trinajstić information content (AvgIpc) is 2.10. The van der Waals surface area contributed by atoms with Crippen molar-refractivity contribution in [2.24, 2.45) is 11.8 Å². The van der Waals surface area contributed by atoms with Crippen molar-refractivity contribution in [3.8, 4) is 0 Å². The Hall–Kier alpha value is -0.830. The van der Waals surface area contributed by atoms with E-state index in [0.717, 1.165) is 12.8 Å². The van der Waals surface area contributed by atoms with Crippen molar-refractivity contribution in [1.82, 2.24) is 5.01 Å². The van der Waals surface area contributed by atoms with Crippen LogP contribution >= 0.6 is 0 Å². The molecule has 0 atom stereocenters. The summed E-state index contributed by atoms with van der Waals surface area (Å²) in [6.07, 6.45) is 3.96. The maximum absolute atomic E-state index is 11.3. The summed E-state index contributed by atoms with van der Waals surface area (Å²) in [6, 6.07) is 0. The lowest BCUT2D eigenvalue weighted by Crippen LogP contribution is -2.37. The number of hydrazine groups is 1. The molecule has 0 aliphatic heterocycles. The molecule has 3 nitrogen and oxygen atoms in total. The largest absolute Gasteiger partial charge is 0.280 e. The molecule has 3 heteroatoms. The number of nitrogens with two attached hydrogens (primary N) is 1. The zero-order chi connectivity index (χ0) is 10.3. The van der Waals surface area contributed by atoms with Crippen molar-refractivity contribution in [2.75, 3.05) is 6.54 Å². The number of hydrogen-bond acceptors (Lipinski definition) is 2. The van der Waals surface area contributed by atoms with E-state index in [1.165, 1.54) is 5.01 Å². The first-order valence-corrected chi connectivity index (χ1v) is 4.74. The van der Waals surface area contributed by atoms with E-state index in [4.69, 9.17) is 5.84 Å². The first kappa shape index (κ1) is 12.2. The van der Waals surface area contributed by atoms with Gasteiger partial charge >= 0.3 is 0 Å². The molecule has 0 spiro atoms. The SMILES string of the molecule is C=CCCN(N)C(=O)CCC(C)C. The molecule has 0 saturated carbocycles. The van der Waals surface area contributed by atoms with Gasteiger partial charge in [-0.3, -0.25) is 9.80 Å². The van der Waals surface area contributed by atoms with Crippen molar-refractivity contribution < 1.29 is 4.79 Å². The van der Waals surface area contributed by atoms with Crippen LogP contribution in [-0.2, 0) is 4.79 Å². The average molecular weight is 184 g/mol. The fourth-order valence-corrected chi connectivity index (χ4v) is 0.911. The van der Waals surface area contributed by atoms with E-state index in [0.29, 0.717) is 18.9 Å². The first-order chi connectivity index (χ1) is 6.07. The zero-order valence-electron chi connectivity index (χ0n) is 8.62. The Morgan fingerprint density at radius 2 is 2.23 bits per heavy atom. The van der Waals surface area contributed by atoms with E-state index in [9.17, 15) is 4.79 Å². The van der Waals surface area contributed by atoms with E-state index in [1.54, 1.807) is 6.08 Å². The van der Waals surface area contributed by atoms with Crippen LogP contribution in [0.25, 0.3) is 0 Å². The molecule has 0 saturated heterocycles. The molecule has 0 aromatic carbocycles. The Kier molecular flexibility index (Phi) is 6.24. The van der Waals surface area contributed by atoms with Gasteiger partial charge in [-0.05, 0) is 18.8 Å². The molecule has 13 heavy (non-hydrogen) atoms. The van der Waals surface area contributed by atoms with Crippen LogP contribution in [0.15, 0.2) is 12.7 Å². The molecule has 0 fully saturated rings. The van der Waals surface area contributed by atoms with Crippen LogP contribution in [0.5, 0.6) is 0 Å². The van der Waals surface area contributed by atoms with Crippen LogP contribution in [0.3, 0.4) is 0 Å². The van der Waals surface area contributed by atoms with Crippen molar-refractivity contribution in [3.63, 3.8) is 0 Å². The summed E-state index contributed by atoms with van der Waals surface area (Å²) in [4.78, 5) is 11.3. The van der Waals surface area contributed by atoms with Gasteiger partial charge in [0.2, 0.25) is 5.91 Å². The fraction of sp³-hybridized carbons (Fsp3) is 0.700. The first-order valence-electron chi connectivity index (χ1n) is 4.74. The fourth-order valence-electron chi connectivity index (χ4n) is 0.911. The topological polar surface area (TPSA) is 46.3 Å². The van der Waals surface area contributed by atoms with E-state index in [2.05, 4.69) is 20.4 Å². The third-order valence-corrected chi connectivity index (χ3v) is 1.83. The number of carbonyl (C=O) groups is 1. The van der Waals surface area contributed by atoms with Crippen molar-refractivity contribution in [2.45, 2.75) is 33.1 Å². The zero-order valence-corrected chi connectivity index (χ0v) is 8.62. The summed E-state index contributed by atoms with van der Waals surface area (Å²) in [6.45, 7) is 8.33. The predicted molar refractivity (Wildman–Crippen MR) is 54.8 cm³/mol. The molecule has 0 rings (SSSR count). The van der Waals surface area contributed by atoms with Gasteiger partial charge in [0.15, 0.2) is 0 Å². The Morgan fingerprint density at radius 1 is 1.62 bits per heavy atom. The van der Waals surface area contributed by atoms with Crippen molar-refractivity contribution >= 4 is 5.91 Å². The molecule has 76 valence electrons. The maximum Gasteiger partial charge on any atom is 0.236 e. The number of carbonyl (C=O) groups excluding carboxylic acids is 1. The van der Waals surface area contributed by atoms with Gasteiger partial charge in [0, 0.05) is 13.0 Å². The molecule has 0 aromatic rings. The predicted octanol–water partition coefficient (Wildman–Crippen LogP) is 1.70. The molecule has 0 bridgehead atoms. The summed E-state index contributed by atoms with van der Waals surface area (Å²) in [5.41, 5.74) is 0. The highest BCUT2D eigenvalue weighted by Crippen LogP contribution is 2.04. The monoisotopic (exact) mass is 184 g/mol. The Labute approximate surface area is 80.6 Å². The molecule has 0 heterocycles. The van der Waals surface area contributed by atoms with Gasteiger partial charge in [-0.2, -0.15) is 0 Å². The van der Waals surface area contributed by atoms with E-state index < -0.39 is 0 Å². The number of rotatable bonds is 6. The van der Waals surface area contributed by atoms with Crippen LogP contribution in [-0.4, -0.2) is 17.5 Å². The molecule has 0 unspecified atom stereocenters. The highest BCUT2D eigenvalue weighted by Gasteiger charge is 2.08. The van der Waals surface area contributed by atoms with Gasteiger partial charge < -0.3 is 0 Å².